The highest BCUT2D eigenvalue weighted by atomic mass is 79.9. The molecule has 0 aliphatic rings. The Kier molecular flexibility index (Phi) is 4.78. The molecule has 2 heterocycles. The van der Waals surface area contributed by atoms with Gasteiger partial charge in [-0.15, -0.1) is 0 Å². The number of nitrogens with zero attached hydrogens (tertiary/aromatic N) is 3. The Morgan fingerprint density at radius 3 is 2.63 bits per heavy atom. The maximum Gasteiger partial charge on any atom is 0.189 e. The number of hydrogen-bond acceptors (Lipinski definition) is 8. The largest absolute Gasteiger partial charge is 0.497 e. The highest BCUT2D eigenvalue weighted by Crippen LogP contribution is 2.34. The van der Waals surface area contributed by atoms with Gasteiger partial charge in [-0.2, -0.15) is 0 Å². The molecule has 0 aliphatic heterocycles. The molecule has 0 unspecified atom stereocenters. The van der Waals surface area contributed by atoms with E-state index in [-0.39, 0.29) is 0 Å². The van der Waals surface area contributed by atoms with Crippen LogP contribution in [0, 0.1) is 0 Å². The molecule has 4 aromatic rings. The van der Waals surface area contributed by atoms with Crippen molar-refractivity contribution in [2.75, 3.05) is 23.5 Å². The lowest BCUT2D eigenvalue weighted by Crippen LogP contribution is -2.05. The number of benzene rings is 2. The number of nitrogen functional groups attached to an aromatic ring is 1. The second kappa shape index (κ2) is 7.37. The number of hydrogen-bond donors (Lipinski definition) is 3. The summed E-state index contributed by atoms with van der Waals surface area (Å²) >= 11 is 5.00. The molecule has 136 valence electrons. The van der Waals surface area contributed by atoms with Crippen LogP contribution in [-0.2, 0) is 0 Å². The third-order valence-corrected chi connectivity index (χ3v) is 5.46. The number of fused-ring (bicyclic) bond motifs is 1. The van der Waals surface area contributed by atoms with Crippen LogP contribution < -0.4 is 21.1 Å². The van der Waals surface area contributed by atoms with Crippen LogP contribution in [0.5, 0.6) is 5.75 Å². The van der Waals surface area contributed by atoms with E-state index in [4.69, 9.17) is 10.5 Å². The minimum atomic E-state index is 0.407. The van der Waals surface area contributed by atoms with Gasteiger partial charge in [-0.1, -0.05) is 23.5 Å². The number of anilines is 5. The summed E-state index contributed by atoms with van der Waals surface area (Å²) in [6, 6.07) is 13.5. The van der Waals surface area contributed by atoms with E-state index in [2.05, 4.69) is 41.5 Å². The number of thiazole rings is 1. The number of nitrogens with one attached hydrogen (secondary N) is 2. The first kappa shape index (κ1) is 17.5. The first-order valence-corrected chi connectivity index (χ1v) is 9.58. The standard InChI is InChI=1S/C18H15BrN6OS/c1-26-10-6-7-13-14(8-10)27-18(24-13)25-17-15(20)16(21-9-22-17)23-12-5-3-2-4-11(12)19/h2-9H,20H2,1H3,(H2,21,22,23,24,25). The van der Waals surface area contributed by atoms with Crippen LogP contribution in [0.25, 0.3) is 10.2 Å². The summed E-state index contributed by atoms with van der Waals surface area (Å²) in [7, 11) is 1.64. The molecule has 27 heavy (non-hydrogen) atoms. The van der Waals surface area contributed by atoms with E-state index in [1.54, 1.807) is 7.11 Å². The van der Waals surface area contributed by atoms with Gasteiger partial charge in [-0.05, 0) is 46.3 Å². The summed E-state index contributed by atoms with van der Waals surface area (Å²) in [5.74, 6) is 1.80. The second-order valence-corrected chi connectivity index (χ2v) is 7.45. The van der Waals surface area contributed by atoms with Crippen molar-refractivity contribution in [3.05, 3.63) is 53.3 Å². The fourth-order valence-electron chi connectivity index (χ4n) is 2.47. The van der Waals surface area contributed by atoms with Gasteiger partial charge in [-0.3, -0.25) is 0 Å². The van der Waals surface area contributed by atoms with E-state index >= 15 is 0 Å². The molecular weight excluding hydrogens is 428 g/mol. The monoisotopic (exact) mass is 442 g/mol. The van der Waals surface area contributed by atoms with Gasteiger partial charge in [0.2, 0.25) is 0 Å². The Morgan fingerprint density at radius 2 is 1.85 bits per heavy atom. The number of nitrogens with two attached hydrogens (primary N) is 1. The van der Waals surface area contributed by atoms with Crippen LogP contribution in [0.4, 0.5) is 28.1 Å². The zero-order valence-corrected chi connectivity index (χ0v) is 16.6. The van der Waals surface area contributed by atoms with Gasteiger partial charge in [0.1, 0.15) is 17.8 Å². The zero-order chi connectivity index (χ0) is 18.8. The van der Waals surface area contributed by atoms with Gasteiger partial charge < -0.3 is 21.1 Å². The van der Waals surface area contributed by atoms with Crippen LogP contribution in [-0.4, -0.2) is 22.1 Å². The fraction of sp³-hybridized carbons (Fsp3) is 0.0556. The van der Waals surface area contributed by atoms with Crippen LogP contribution in [0.15, 0.2) is 53.3 Å². The Hall–Kier alpha value is -2.91. The van der Waals surface area contributed by atoms with E-state index in [9.17, 15) is 0 Å². The molecule has 0 amide bonds. The van der Waals surface area contributed by atoms with E-state index in [0.29, 0.717) is 22.5 Å². The maximum atomic E-state index is 6.26. The molecule has 0 saturated carbocycles. The molecule has 2 aromatic heterocycles. The lowest BCUT2D eigenvalue weighted by molar-refractivity contribution is 0.415. The molecule has 4 rings (SSSR count). The Labute approximate surface area is 167 Å². The van der Waals surface area contributed by atoms with Gasteiger partial charge in [0, 0.05) is 4.47 Å². The summed E-state index contributed by atoms with van der Waals surface area (Å²) in [5.41, 5.74) is 8.41. The molecule has 4 N–H and O–H groups in total. The fourth-order valence-corrected chi connectivity index (χ4v) is 3.75. The minimum absolute atomic E-state index is 0.407. The van der Waals surface area contributed by atoms with Crippen molar-refractivity contribution >= 4 is 65.6 Å². The number of para-hydroxylation sites is 1. The lowest BCUT2D eigenvalue weighted by Gasteiger charge is -2.12. The second-order valence-electron chi connectivity index (χ2n) is 5.57. The van der Waals surface area contributed by atoms with Crippen molar-refractivity contribution in [2.45, 2.75) is 0 Å². The third kappa shape index (κ3) is 3.64. The smallest absolute Gasteiger partial charge is 0.189 e. The highest BCUT2D eigenvalue weighted by molar-refractivity contribution is 9.10. The molecule has 7 nitrogen and oxygen atoms in total. The molecule has 0 aliphatic carbocycles. The van der Waals surface area contributed by atoms with Crippen molar-refractivity contribution < 1.29 is 4.74 Å². The predicted octanol–water partition coefficient (Wildman–Crippen LogP) is 4.93. The summed E-state index contributed by atoms with van der Waals surface area (Å²) in [6.07, 6.45) is 1.45. The molecule has 0 atom stereocenters. The van der Waals surface area contributed by atoms with Crippen molar-refractivity contribution in [1.82, 2.24) is 15.0 Å². The average molecular weight is 443 g/mol. The van der Waals surface area contributed by atoms with Crippen molar-refractivity contribution in [1.29, 1.82) is 0 Å². The Bertz CT molecular complexity index is 1120. The maximum absolute atomic E-state index is 6.26. The van der Waals surface area contributed by atoms with E-state index in [1.807, 2.05) is 42.5 Å². The Morgan fingerprint density at radius 1 is 1.07 bits per heavy atom. The van der Waals surface area contributed by atoms with Crippen molar-refractivity contribution in [2.24, 2.45) is 0 Å². The van der Waals surface area contributed by atoms with Crippen LogP contribution >= 0.6 is 27.3 Å². The van der Waals surface area contributed by atoms with Gasteiger partial charge in [0.15, 0.2) is 16.8 Å². The summed E-state index contributed by atoms with van der Waals surface area (Å²) in [6.45, 7) is 0. The Balaban J connectivity index is 1.62. The number of methoxy groups -OCH3 is 1. The molecule has 0 radical (unpaired) electrons. The molecular formula is C18H15BrN6OS. The zero-order valence-electron chi connectivity index (χ0n) is 14.2. The number of rotatable bonds is 5. The molecule has 2 aromatic carbocycles. The number of ether oxygens (including phenoxy) is 1. The van der Waals surface area contributed by atoms with Crippen LogP contribution in [0.3, 0.4) is 0 Å². The normalized spacial score (nSPS) is 10.7. The molecule has 0 spiro atoms. The molecule has 9 heteroatoms. The number of halogens is 1. The first-order chi connectivity index (χ1) is 13.1. The van der Waals surface area contributed by atoms with Crippen LogP contribution in [0.1, 0.15) is 0 Å². The summed E-state index contributed by atoms with van der Waals surface area (Å²) in [5, 5.41) is 7.08. The summed E-state index contributed by atoms with van der Waals surface area (Å²) < 4.78 is 7.18. The van der Waals surface area contributed by atoms with Crippen molar-refractivity contribution in [3.63, 3.8) is 0 Å². The van der Waals surface area contributed by atoms with Gasteiger partial charge >= 0.3 is 0 Å². The topological polar surface area (TPSA) is 98.0 Å². The number of aromatic nitrogens is 3. The van der Waals surface area contributed by atoms with Crippen molar-refractivity contribution in [3.8, 4) is 5.75 Å². The van der Waals surface area contributed by atoms with E-state index in [1.165, 1.54) is 17.7 Å². The average Bonchev–Trinajstić information content (AvgIpc) is 3.08. The van der Waals surface area contributed by atoms with E-state index < -0.39 is 0 Å². The van der Waals surface area contributed by atoms with E-state index in [0.717, 1.165) is 26.1 Å². The molecule has 0 bridgehead atoms. The predicted molar refractivity (Wildman–Crippen MR) is 113 cm³/mol. The van der Waals surface area contributed by atoms with Gasteiger partial charge in [-0.25, -0.2) is 15.0 Å². The van der Waals surface area contributed by atoms with Gasteiger partial charge in [0.25, 0.3) is 0 Å². The highest BCUT2D eigenvalue weighted by Gasteiger charge is 2.12. The van der Waals surface area contributed by atoms with Crippen LogP contribution in [0.2, 0.25) is 0 Å². The van der Waals surface area contributed by atoms with Gasteiger partial charge in [0.05, 0.1) is 23.0 Å². The summed E-state index contributed by atoms with van der Waals surface area (Å²) in [4.78, 5) is 13.0. The SMILES string of the molecule is COc1ccc2nc(Nc3ncnc(Nc4ccccc4Br)c3N)sc2c1. The molecule has 0 fully saturated rings. The third-order valence-electron chi connectivity index (χ3n) is 3.83. The lowest BCUT2D eigenvalue weighted by atomic mass is 10.3. The quantitative estimate of drug-likeness (QED) is 0.403. The first-order valence-electron chi connectivity index (χ1n) is 7.97. The molecule has 0 saturated heterocycles. The minimum Gasteiger partial charge on any atom is -0.497 e.